The van der Waals surface area contributed by atoms with E-state index in [9.17, 15) is 0 Å². The first kappa shape index (κ1) is 10.6. The van der Waals surface area contributed by atoms with Crippen molar-refractivity contribution in [1.29, 1.82) is 0 Å². The summed E-state index contributed by atoms with van der Waals surface area (Å²) in [5, 5.41) is 3.85. The molecule has 0 radical (unpaired) electrons. The monoisotopic (exact) mass is 217 g/mol. The summed E-state index contributed by atoms with van der Waals surface area (Å²) in [5.41, 5.74) is 1.44. The molecule has 78 valence electrons. The Bertz CT molecular complexity index is 355. The van der Waals surface area contributed by atoms with E-state index in [0.29, 0.717) is 5.25 Å². The molecule has 0 aromatic heterocycles. The Balaban J connectivity index is 2.09. The highest BCUT2D eigenvalue weighted by Crippen LogP contribution is 2.38. The third kappa shape index (κ3) is 2.19. The minimum atomic E-state index is 0.187. The van der Waals surface area contributed by atoms with Crippen LogP contribution >= 0.6 is 11.8 Å². The summed E-state index contributed by atoms with van der Waals surface area (Å²) in [6, 6.07) is 8.75. The van der Waals surface area contributed by atoms with Crippen LogP contribution in [0.3, 0.4) is 0 Å². The zero-order valence-electron chi connectivity index (χ0n) is 8.86. The molecule has 1 aliphatic heterocycles. The van der Waals surface area contributed by atoms with Crippen LogP contribution in [0.15, 0.2) is 29.2 Å². The van der Waals surface area contributed by atoms with Crippen molar-refractivity contribution in [3.8, 4) is 12.3 Å². The zero-order valence-corrected chi connectivity index (χ0v) is 9.68. The van der Waals surface area contributed by atoms with Gasteiger partial charge in [0.25, 0.3) is 0 Å². The quantitative estimate of drug-likeness (QED) is 0.780. The maximum absolute atomic E-state index is 5.55. The maximum atomic E-state index is 5.55. The highest BCUT2D eigenvalue weighted by molar-refractivity contribution is 8.00. The van der Waals surface area contributed by atoms with E-state index in [0.717, 1.165) is 13.0 Å². The lowest BCUT2D eigenvalue weighted by Crippen LogP contribution is -2.36. The Morgan fingerprint density at radius 2 is 2.40 bits per heavy atom. The first-order valence-corrected chi connectivity index (χ1v) is 6.17. The van der Waals surface area contributed by atoms with Gasteiger partial charge in [0.05, 0.1) is 6.04 Å². The Morgan fingerprint density at radius 1 is 1.60 bits per heavy atom. The van der Waals surface area contributed by atoms with E-state index in [-0.39, 0.29) is 6.04 Å². The van der Waals surface area contributed by atoms with Gasteiger partial charge in [-0.25, -0.2) is 0 Å². The average molecular weight is 217 g/mol. The second-order valence-electron chi connectivity index (χ2n) is 3.67. The lowest BCUT2D eigenvalue weighted by Gasteiger charge is -2.17. The molecule has 1 aromatic rings. The van der Waals surface area contributed by atoms with Crippen molar-refractivity contribution in [2.45, 2.75) is 29.5 Å². The van der Waals surface area contributed by atoms with E-state index in [1.807, 2.05) is 11.8 Å². The summed E-state index contributed by atoms with van der Waals surface area (Å²) in [5.74, 6) is 2.85. The van der Waals surface area contributed by atoms with Crippen LogP contribution in [0.4, 0.5) is 0 Å². The number of fused-ring (bicyclic) bond motifs is 1. The number of thioether (sulfide) groups is 1. The zero-order chi connectivity index (χ0) is 10.7. The minimum absolute atomic E-state index is 0.187. The molecular formula is C13H15NS. The highest BCUT2D eigenvalue weighted by atomic mass is 32.2. The first-order valence-electron chi connectivity index (χ1n) is 5.29. The third-order valence-electron chi connectivity index (χ3n) is 2.65. The molecule has 0 saturated heterocycles. The van der Waals surface area contributed by atoms with E-state index in [2.05, 4.69) is 42.4 Å². The van der Waals surface area contributed by atoms with Gasteiger partial charge in [0.15, 0.2) is 0 Å². The smallest absolute Gasteiger partial charge is 0.0813 e. The van der Waals surface area contributed by atoms with Gasteiger partial charge in [-0.1, -0.05) is 31.0 Å². The molecule has 1 aromatic carbocycles. The second kappa shape index (κ2) is 4.74. The summed E-state index contributed by atoms with van der Waals surface area (Å²) in [7, 11) is 0. The van der Waals surface area contributed by atoms with Crippen molar-refractivity contribution in [3.63, 3.8) is 0 Å². The van der Waals surface area contributed by atoms with Crippen LogP contribution in [0, 0.1) is 12.3 Å². The topological polar surface area (TPSA) is 12.0 Å². The Labute approximate surface area is 95.7 Å². The van der Waals surface area contributed by atoms with Gasteiger partial charge in [-0.2, -0.15) is 0 Å². The third-order valence-corrected chi connectivity index (χ3v) is 4.04. The first-order chi connectivity index (χ1) is 7.35. The summed E-state index contributed by atoms with van der Waals surface area (Å²) in [6.07, 6.45) is 6.63. The van der Waals surface area contributed by atoms with E-state index < -0.39 is 0 Å². The van der Waals surface area contributed by atoms with Crippen molar-refractivity contribution in [2.75, 3.05) is 6.54 Å². The summed E-state index contributed by atoms with van der Waals surface area (Å²) >= 11 is 1.90. The molecule has 0 aliphatic carbocycles. The van der Waals surface area contributed by atoms with Crippen LogP contribution < -0.4 is 5.32 Å². The van der Waals surface area contributed by atoms with Gasteiger partial charge >= 0.3 is 0 Å². The molecule has 0 fully saturated rings. The van der Waals surface area contributed by atoms with Gasteiger partial charge in [-0.3, -0.25) is 0 Å². The van der Waals surface area contributed by atoms with E-state index in [1.54, 1.807) is 0 Å². The van der Waals surface area contributed by atoms with Crippen molar-refractivity contribution < 1.29 is 0 Å². The number of terminal acetylenes is 1. The fraction of sp³-hybridized carbons (Fsp3) is 0.385. The van der Waals surface area contributed by atoms with Gasteiger partial charge in [0.1, 0.15) is 0 Å². The van der Waals surface area contributed by atoms with Gasteiger partial charge in [0, 0.05) is 10.1 Å². The number of rotatable bonds is 3. The van der Waals surface area contributed by atoms with E-state index in [4.69, 9.17) is 6.42 Å². The van der Waals surface area contributed by atoms with Crippen LogP contribution in [0.25, 0.3) is 0 Å². The van der Waals surface area contributed by atoms with Crippen LogP contribution in [-0.4, -0.2) is 17.8 Å². The molecule has 2 rings (SSSR count). The molecule has 2 atom stereocenters. The molecule has 1 aliphatic rings. The summed E-state index contributed by atoms with van der Waals surface area (Å²) in [6.45, 7) is 3.03. The van der Waals surface area contributed by atoms with Crippen molar-refractivity contribution >= 4 is 11.8 Å². The lowest BCUT2D eigenvalue weighted by molar-refractivity contribution is 0.606. The SMILES string of the molecule is C#CC(NCC)C1Cc2ccccc2S1. The minimum Gasteiger partial charge on any atom is -0.303 e. The molecule has 0 spiro atoms. The molecule has 2 heteroatoms. The highest BCUT2D eigenvalue weighted by Gasteiger charge is 2.27. The van der Waals surface area contributed by atoms with Crippen molar-refractivity contribution in [3.05, 3.63) is 29.8 Å². The Kier molecular flexibility index (Phi) is 3.35. The number of hydrogen-bond acceptors (Lipinski definition) is 2. The number of hydrogen-bond donors (Lipinski definition) is 1. The Hall–Kier alpha value is -0.910. The standard InChI is InChI=1S/C13H15NS/c1-3-11(14-4-2)13-9-10-7-5-6-8-12(10)15-13/h1,5-8,11,13-14H,4,9H2,2H3. The molecule has 15 heavy (non-hydrogen) atoms. The van der Waals surface area contributed by atoms with E-state index >= 15 is 0 Å². The number of nitrogens with one attached hydrogen (secondary N) is 1. The molecule has 0 amide bonds. The molecule has 1 N–H and O–H groups in total. The fourth-order valence-electron chi connectivity index (χ4n) is 1.91. The van der Waals surface area contributed by atoms with E-state index in [1.165, 1.54) is 10.5 Å². The summed E-state index contributed by atoms with van der Waals surface area (Å²) < 4.78 is 0. The molecule has 2 unspecified atom stereocenters. The van der Waals surface area contributed by atoms with Crippen molar-refractivity contribution in [2.24, 2.45) is 0 Å². The maximum Gasteiger partial charge on any atom is 0.0813 e. The van der Waals surface area contributed by atoms with Crippen LogP contribution in [0.5, 0.6) is 0 Å². The van der Waals surface area contributed by atoms with Crippen LogP contribution in [0.2, 0.25) is 0 Å². The summed E-state index contributed by atoms with van der Waals surface area (Å²) in [4.78, 5) is 1.39. The van der Waals surface area contributed by atoms with Crippen LogP contribution in [0.1, 0.15) is 12.5 Å². The number of benzene rings is 1. The molecular weight excluding hydrogens is 202 g/mol. The molecule has 0 bridgehead atoms. The van der Waals surface area contributed by atoms with Crippen molar-refractivity contribution in [1.82, 2.24) is 5.32 Å². The molecule has 1 heterocycles. The molecule has 0 saturated carbocycles. The normalized spacial score (nSPS) is 20.7. The molecule has 1 nitrogen and oxygen atoms in total. The van der Waals surface area contributed by atoms with Gasteiger partial charge in [-0.15, -0.1) is 18.2 Å². The average Bonchev–Trinajstić information content (AvgIpc) is 2.69. The van der Waals surface area contributed by atoms with Crippen LogP contribution in [-0.2, 0) is 6.42 Å². The predicted octanol–water partition coefficient (Wildman–Crippen LogP) is 2.31. The van der Waals surface area contributed by atoms with Gasteiger partial charge in [-0.05, 0) is 24.6 Å². The second-order valence-corrected chi connectivity index (χ2v) is 4.95. The van der Waals surface area contributed by atoms with Gasteiger partial charge in [0.2, 0.25) is 0 Å². The largest absolute Gasteiger partial charge is 0.303 e. The van der Waals surface area contributed by atoms with Gasteiger partial charge < -0.3 is 5.32 Å². The lowest BCUT2D eigenvalue weighted by atomic mass is 10.1. The Morgan fingerprint density at radius 3 is 3.07 bits per heavy atom. The fourth-order valence-corrected chi connectivity index (χ4v) is 3.27. The predicted molar refractivity (Wildman–Crippen MR) is 66.1 cm³/mol.